The largest absolute Gasteiger partial charge is 0.508 e. The average molecular weight is 294 g/mol. The van der Waals surface area contributed by atoms with Crippen LogP contribution in [-0.2, 0) is 0 Å². The number of methoxy groups -OCH3 is 1. The Hall–Kier alpha value is -3.08. The maximum atomic E-state index is 12.5. The highest BCUT2D eigenvalue weighted by atomic mass is 16.5. The molecule has 5 heteroatoms. The lowest BCUT2D eigenvalue weighted by molar-refractivity contribution is 0.102. The van der Waals surface area contributed by atoms with Gasteiger partial charge in [0.25, 0.3) is 5.91 Å². The van der Waals surface area contributed by atoms with Gasteiger partial charge in [-0.25, -0.2) is 4.98 Å². The first-order valence-electron chi connectivity index (χ1n) is 6.71. The summed E-state index contributed by atoms with van der Waals surface area (Å²) in [6, 6.07) is 15.4. The number of rotatable bonds is 3. The number of amides is 1. The smallest absolute Gasteiger partial charge is 0.256 e. The van der Waals surface area contributed by atoms with E-state index in [0.29, 0.717) is 22.6 Å². The van der Waals surface area contributed by atoms with Crippen LogP contribution in [0.3, 0.4) is 0 Å². The first-order valence-corrected chi connectivity index (χ1v) is 6.71. The molecule has 0 bridgehead atoms. The highest BCUT2D eigenvalue weighted by Gasteiger charge is 2.13. The third-order valence-electron chi connectivity index (χ3n) is 3.25. The second-order valence-corrected chi connectivity index (χ2v) is 4.73. The molecule has 3 rings (SSSR count). The highest BCUT2D eigenvalue weighted by Crippen LogP contribution is 2.23. The second-order valence-electron chi connectivity index (χ2n) is 4.73. The first-order chi connectivity index (χ1) is 10.7. The summed E-state index contributed by atoms with van der Waals surface area (Å²) in [5.41, 5.74) is 1.67. The van der Waals surface area contributed by atoms with Gasteiger partial charge in [0, 0.05) is 23.2 Å². The molecule has 2 N–H and O–H groups in total. The number of phenols is 1. The molecule has 3 aromatic rings. The number of aromatic nitrogens is 1. The van der Waals surface area contributed by atoms with Gasteiger partial charge in [0.1, 0.15) is 5.75 Å². The number of fused-ring (bicyclic) bond motifs is 1. The fraction of sp³-hybridized carbons (Fsp3) is 0.0588. The number of anilines is 1. The van der Waals surface area contributed by atoms with Crippen molar-refractivity contribution >= 4 is 22.5 Å². The number of aromatic hydroxyl groups is 1. The number of pyridine rings is 1. The molecule has 0 unspecified atom stereocenters. The molecule has 0 aliphatic carbocycles. The Labute approximate surface area is 127 Å². The van der Waals surface area contributed by atoms with E-state index in [1.807, 2.05) is 24.3 Å². The van der Waals surface area contributed by atoms with Crippen LogP contribution in [0.2, 0.25) is 0 Å². The number of carbonyl (C=O) groups is 1. The van der Waals surface area contributed by atoms with Crippen molar-refractivity contribution in [2.45, 2.75) is 0 Å². The quantitative estimate of drug-likeness (QED) is 0.778. The molecular weight excluding hydrogens is 280 g/mol. The molecule has 0 spiro atoms. The van der Waals surface area contributed by atoms with Crippen molar-refractivity contribution in [2.75, 3.05) is 12.4 Å². The number of nitrogens with one attached hydrogen (secondary N) is 1. The van der Waals surface area contributed by atoms with Crippen LogP contribution in [0.5, 0.6) is 11.6 Å². The fourth-order valence-corrected chi connectivity index (χ4v) is 2.23. The number of hydrogen-bond acceptors (Lipinski definition) is 4. The van der Waals surface area contributed by atoms with Crippen molar-refractivity contribution in [3.05, 3.63) is 60.2 Å². The van der Waals surface area contributed by atoms with E-state index in [0.717, 1.165) is 5.39 Å². The number of phenolic OH excluding ortho intramolecular Hbond substituents is 1. The SMILES string of the molecule is COc1cc(C(=O)Nc2cccc(O)c2)c2ccccc2n1. The van der Waals surface area contributed by atoms with Crippen LogP contribution >= 0.6 is 0 Å². The van der Waals surface area contributed by atoms with E-state index < -0.39 is 0 Å². The molecule has 5 nitrogen and oxygen atoms in total. The van der Waals surface area contributed by atoms with Gasteiger partial charge < -0.3 is 15.2 Å². The van der Waals surface area contributed by atoms with E-state index in [-0.39, 0.29) is 11.7 Å². The van der Waals surface area contributed by atoms with Gasteiger partial charge in [-0.2, -0.15) is 0 Å². The molecule has 110 valence electrons. The minimum absolute atomic E-state index is 0.0926. The molecule has 1 amide bonds. The Morgan fingerprint density at radius 1 is 1.14 bits per heavy atom. The zero-order valence-corrected chi connectivity index (χ0v) is 11.9. The zero-order chi connectivity index (χ0) is 15.5. The molecule has 2 aromatic carbocycles. The minimum Gasteiger partial charge on any atom is -0.508 e. The summed E-state index contributed by atoms with van der Waals surface area (Å²) in [6.07, 6.45) is 0. The van der Waals surface area contributed by atoms with Crippen molar-refractivity contribution in [3.63, 3.8) is 0 Å². The molecule has 1 heterocycles. The van der Waals surface area contributed by atoms with Crippen LogP contribution < -0.4 is 10.1 Å². The van der Waals surface area contributed by atoms with E-state index in [1.54, 1.807) is 24.3 Å². The Bertz CT molecular complexity index is 846. The maximum Gasteiger partial charge on any atom is 0.256 e. The summed E-state index contributed by atoms with van der Waals surface area (Å²) in [7, 11) is 1.51. The van der Waals surface area contributed by atoms with Crippen LogP contribution in [-0.4, -0.2) is 23.1 Å². The zero-order valence-electron chi connectivity index (χ0n) is 11.9. The molecule has 0 atom stereocenters. The van der Waals surface area contributed by atoms with Crippen molar-refractivity contribution in [1.82, 2.24) is 4.98 Å². The predicted molar refractivity (Wildman–Crippen MR) is 84.4 cm³/mol. The van der Waals surface area contributed by atoms with Crippen LogP contribution in [0.25, 0.3) is 10.9 Å². The van der Waals surface area contributed by atoms with Crippen LogP contribution in [0.4, 0.5) is 5.69 Å². The molecule has 0 radical (unpaired) electrons. The van der Waals surface area contributed by atoms with Crippen molar-refractivity contribution in [2.24, 2.45) is 0 Å². The minimum atomic E-state index is -0.289. The maximum absolute atomic E-state index is 12.5. The molecule has 1 aromatic heterocycles. The molecular formula is C17H14N2O3. The monoisotopic (exact) mass is 294 g/mol. The third kappa shape index (κ3) is 2.69. The number of ether oxygens (including phenoxy) is 1. The number of nitrogens with zero attached hydrogens (tertiary/aromatic N) is 1. The second kappa shape index (κ2) is 5.73. The van der Waals surface area contributed by atoms with Gasteiger partial charge in [-0.1, -0.05) is 24.3 Å². The average Bonchev–Trinajstić information content (AvgIpc) is 2.53. The number of para-hydroxylation sites is 1. The van der Waals surface area contributed by atoms with Gasteiger partial charge in [-0.3, -0.25) is 4.79 Å². The Morgan fingerprint density at radius 2 is 1.95 bits per heavy atom. The van der Waals surface area contributed by atoms with E-state index >= 15 is 0 Å². The number of benzene rings is 2. The summed E-state index contributed by atoms with van der Waals surface area (Å²) < 4.78 is 5.15. The topological polar surface area (TPSA) is 71.5 Å². The summed E-state index contributed by atoms with van der Waals surface area (Å²) in [5, 5.41) is 13.0. The Morgan fingerprint density at radius 3 is 2.73 bits per heavy atom. The summed E-state index contributed by atoms with van der Waals surface area (Å²) in [6.45, 7) is 0. The van der Waals surface area contributed by atoms with E-state index in [9.17, 15) is 9.90 Å². The van der Waals surface area contributed by atoms with Gasteiger partial charge in [0.15, 0.2) is 0 Å². The molecule has 0 fully saturated rings. The van der Waals surface area contributed by atoms with Crippen molar-refractivity contribution in [3.8, 4) is 11.6 Å². The normalized spacial score (nSPS) is 10.4. The molecule has 0 saturated heterocycles. The predicted octanol–water partition coefficient (Wildman–Crippen LogP) is 3.20. The van der Waals surface area contributed by atoms with Crippen molar-refractivity contribution in [1.29, 1.82) is 0 Å². The number of hydrogen-bond donors (Lipinski definition) is 2. The van der Waals surface area contributed by atoms with Crippen LogP contribution in [0, 0.1) is 0 Å². The number of carbonyl (C=O) groups excluding carboxylic acids is 1. The molecule has 0 aliphatic heterocycles. The van der Waals surface area contributed by atoms with Gasteiger partial charge in [0.2, 0.25) is 5.88 Å². The standard InChI is InChI=1S/C17H14N2O3/c1-22-16-10-14(13-7-2-3-8-15(13)19-16)17(21)18-11-5-4-6-12(20)9-11/h2-10,20H,1H3,(H,18,21). The lowest BCUT2D eigenvalue weighted by Crippen LogP contribution is -2.13. The molecule has 0 saturated carbocycles. The van der Waals surface area contributed by atoms with Gasteiger partial charge in [0.05, 0.1) is 18.2 Å². The lowest BCUT2D eigenvalue weighted by atomic mass is 10.1. The Balaban J connectivity index is 2.03. The first kappa shape index (κ1) is 13.9. The van der Waals surface area contributed by atoms with E-state index in [1.165, 1.54) is 13.2 Å². The third-order valence-corrected chi connectivity index (χ3v) is 3.25. The van der Waals surface area contributed by atoms with Gasteiger partial charge in [-0.15, -0.1) is 0 Å². The molecule has 22 heavy (non-hydrogen) atoms. The fourth-order valence-electron chi connectivity index (χ4n) is 2.23. The Kier molecular flexibility index (Phi) is 3.62. The van der Waals surface area contributed by atoms with Crippen LogP contribution in [0.1, 0.15) is 10.4 Å². The molecule has 0 aliphatic rings. The van der Waals surface area contributed by atoms with Gasteiger partial charge >= 0.3 is 0 Å². The lowest BCUT2D eigenvalue weighted by Gasteiger charge is -2.10. The highest BCUT2D eigenvalue weighted by molar-refractivity contribution is 6.12. The summed E-state index contributed by atoms with van der Waals surface area (Å²) in [5.74, 6) is 0.178. The van der Waals surface area contributed by atoms with Crippen molar-refractivity contribution < 1.29 is 14.6 Å². The van der Waals surface area contributed by atoms with E-state index in [2.05, 4.69) is 10.3 Å². The van der Waals surface area contributed by atoms with Gasteiger partial charge in [-0.05, 0) is 18.2 Å². The summed E-state index contributed by atoms with van der Waals surface area (Å²) in [4.78, 5) is 16.8. The van der Waals surface area contributed by atoms with E-state index in [4.69, 9.17) is 4.74 Å². The van der Waals surface area contributed by atoms with Crippen LogP contribution in [0.15, 0.2) is 54.6 Å². The summed E-state index contributed by atoms with van der Waals surface area (Å²) >= 11 is 0.